The molecule has 0 radical (unpaired) electrons. The van der Waals surface area contributed by atoms with Gasteiger partial charge in [0.2, 0.25) is 12.7 Å². The van der Waals surface area contributed by atoms with Crippen molar-refractivity contribution in [3.05, 3.63) is 77.4 Å². The number of rotatable bonds is 4. The summed E-state index contributed by atoms with van der Waals surface area (Å²) in [5, 5.41) is 3.49. The average Bonchev–Trinajstić information content (AvgIpc) is 3.51. The van der Waals surface area contributed by atoms with Gasteiger partial charge in [-0.2, -0.15) is 0 Å². The predicted molar refractivity (Wildman–Crippen MR) is 131 cm³/mol. The molecule has 176 valence electrons. The lowest BCUT2D eigenvalue weighted by Crippen LogP contribution is -2.44. The number of thiazole rings is 1. The number of amides is 2. The summed E-state index contributed by atoms with van der Waals surface area (Å²) in [5.41, 5.74) is 2.75. The average molecular weight is 488 g/mol. The standard InChI is InChI=1S/C26H21N3O5S/c1-29-23(14-7-10-19-20(11-14)34-13-33-19)22(16-5-3-4-6-17(16)25(29)31)24(30)28-26-27-18-9-8-15(32-2)12-21(18)35-26/h3-12,22-23H,13H2,1-2H3,(H,27,28,30)/t22-,23-/m0/s1. The van der Waals surface area contributed by atoms with Crippen LogP contribution in [0.1, 0.15) is 33.4 Å². The maximum atomic E-state index is 13.8. The molecule has 9 heteroatoms. The fourth-order valence-corrected chi connectivity index (χ4v) is 5.64. The zero-order valence-corrected chi connectivity index (χ0v) is 19.8. The molecule has 2 aliphatic rings. The van der Waals surface area contributed by atoms with Crippen molar-refractivity contribution in [3.8, 4) is 17.2 Å². The second-order valence-electron chi connectivity index (χ2n) is 8.38. The fraction of sp³-hybridized carbons (Fsp3) is 0.192. The molecule has 0 saturated carbocycles. The molecule has 2 amide bonds. The summed E-state index contributed by atoms with van der Waals surface area (Å²) < 4.78 is 17.2. The van der Waals surface area contributed by atoms with E-state index < -0.39 is 12.0 Å². The Hall–Kier alpha value is -4.11. The van der Waals surface area contributed by atoms with Crippen LogP contribution in [0.25, 0.3) is 10.2 Å². The number of nitrogens with one attached hydrogen (secondary N) is 1. The Kier molecular flexibility index (Phi) is 5.07. The van der Waals surface area contributed by atoms with Gasteiger partial charge in [-0.15, -0.1) is 0 Å². The lowest BCUT2D eigenvalue weighted by Gasteiger charge is -2.39. The molecule has 0 aliphatic carbocycles. The van der Waals surface area contributed by atoms with E-state index in [1.54, 1.807) is 31.2 Å². The van der Waals surface area contributed by atoms with E-state index >= 15 is 0 Å². The van der Waals surface area contributed by atoms with Gasteiger partial charge < -0.3 is 24.4 Å². The van der Waals surface area contributed by atoms with Crippen LogP contribution < -0.4 is 19.5 Å². The van der Waals surface area contributed by atoms with Crippen LogP contribution in [0.2, 0.25) is 0 Å². The zero-order valence-electron chi connectivity index (χ0n) is 19.0. The first-order chi connectivity index (χ1) is 17.0. The van der Waals surface area contributed by atoms with E-state index in [4.69, 9.17) is 14.2 Å². The molecule has 3 heterocycles. The fourth-order valence-electron chi connectivity index (χ4n) is 4.74. The highest BCUT2D eigenvalue weighted by molar-refractivity contribution is 7.22. The van der Waals surface area contributed by atoms with E-state index in [2.05, 4.69) is 10.3 Å². The molecule has 0 fully saturated rings. The Morgan fingerprint density at radius 3 is 2.80 bits per heavy atom. The van der Waals surface area contributed by atoms with E-state index in [1.807, 2.05) is 48.5 Å². The van der Waals surface area contributed by atoms with Gasteiger partial charge in [0.1, 0.15) is 5.75 Å². The van der Waals surface area contributed by atoms with Crippen LogP contribution in [-0.4, -0.2) is 42.6 Å². The Morgan fingerprint density at radius 2 is 1.94 bits per heavy atom. The van der Waals surface area contributed by atoms with Crippen LogP contribution in [0.4, 0.5) is 5.13 Å². The minimum absolute atomic E-state index is 0.139. The summed E-state index contributed by atoms with van der Waals surface area (Å²) in [6.07, 6.45) is 0. The molecule has 2 aliphatic heterocycles. The smallest absolute Gasteiger partial charge is 0.254 e. The number of methoxy groups -OCH3 is 1. The van der Waals surface area contributed by atoms with Crippen LogP contribution >= 0.6 is 11.3 Å². The van der Waals surface area contributed by atoms with Crippen molar-refractivity contribution in [1.82, 2.24) is 9.88 Å². The van der Waals surface area contributed by atoms with Gasteiger partial charge in [-0.25, -0.2) is 4.98 Å². The molecule has 0 saturated heterocycles. The molecular weight excluding hydrogens is 466 g/mol. The number of likely N-dealkylation sites (N-methyl/N-ethyl adjacent to an activating group) is 1. The van der Waals surface area contributed by atoms with Gasteiger partial charge in [0.15, 0.2) is 16.6 Å². The number of aromatic nitrogens is 1. The van der Waals surface area contributed by atoms with Gasteiger partial charge in [-0.05, 0) is 47.5 Å². The number of ether oxygens (including phenoxy) is 3. The molecule has 0 bridgehead atoms. The van der Waals surface area contributed by atoms with Gasteiger partial charge in [0, 0.05) is 12.6 Å². The van der Waals surface area contributed by atoms with Gasteiger partial charge in [0.05, 0.1) is 29.3 Å². The van der Waals surface area contributed by atoms with Crippen molar-refractivity contribution in [2.75, 3.05) is 26.3 Å². The van der Waals surface area contributed by atoms with Gasteiger partial charge >= 0.3 is 0 Å². The minimum Gasteiger partial charge on any atom is -0.497 e. The lowest BCUT2D eigenvalue weighted by molar-refractivity contribution is -0.119. The van der Waals surface area contributed by atoms with Crippen LogP contribution in [0, 0.1) is 0 Å². The Balaban J connectivity index is 1.41. The molecular formula is C26H21N3O5S. The van der Waals surface area contributed by atoms with Crippen molar-refractivity contribution >= 4 is 38.5 Å². The molecule has 0 spiro atoms. The maximum Gasteiger partial charge on any atom is 0.254 e. The quantitative estimate of drug-likeness (QED) is 0.453. The summed E-state index contributed by atoms with van der Waals surface area (Å²) in [4.78, 5) is 33.3. The number of nitrogens with zero attached hydrogens (tertiary/aromatic N) is 2. The molecule has 8 nitrogen and oxygen atoms in total. The second-order valence-corrected chi connectivity index (χ2v) is 9.41. The topological polar surface area (TPSA) is 90.0 Å². The summed E-state index contributed by atoms with van der Waals surface area (Å²) in [6, 6.07) is 17.8. The normalized spacial score (nSPS) is 18.5. The summed E-state index contributed by atoms with van der Waals surface area (Å²) >= 11 is 1.37. The zero-order chi connectivity index (χ0) is 24.1. The van der Waals surface area contributed by atoms with Crippen LogP contribution in [0.5, 0.6) is 17.2 Å². The molecule has 6 rings (SSSR count). The first kappa shape index (κ1) is 21.4. The molecule has 2 atom stereocenters. The van der Waals surface area contributed by atoms with Crippen molar-refractivity contribution < 1.29 is 23.8 Å². The summed E-state index contributed by atoms with van der Waals surface area (Å²) in [6.45, 7) is 0.146. The highest BCUT2D eigenvalue weighted by atomic mass is 32.1. The second kappa shape index (κ2) is 8.28. The minimum atomic E-state index is -0.657. The van der Waals surface area contributed by atoms with E-state index in [1.165, 1.54) is 11.3 Å². The van der Waals surface area contributed by atoms with Crippen molar-refractivity contribution in [2.45, 2.75) is 12.0 Å². The van der Waals surface area contributed by atoms with Crippen molar-refractivity contribution in [1.29, 1.82) is 0 Å². The number of hydrogen-bond donors (Lipinski definition) is 1. The van der Waals surface area contributed by atoms with E-state index in [0.29, 0.717) is 27.8 Å². The molecule has 35 heavy (non-hydrogen) atoms. The molecule has 1 N–H and O–H groups in total. The summed E-state index contributed by atoms with van der Waals surface area (Å²) in [5.74, 6) is 0.926. The third kappa shape index (κ3) is 3.55. The van der Waals surface area contributed by atoms with Crippen LogP contribution in [0.15, 0.2) is 60.7 Å². The molecule has 1 aromatic heterocycles. The predicted octanol–water partition coefficient (Wildman–Crippen LogP) is 4.58. The van der Waals surface area contributed by atoms with Crippen molar-refractivity contribution in [2.24, 2.45) is 0 Å². The van der Waals surface area contributed by atoms with Gasteiger partial charge in [0.25, 0.3) is 5.91 Å². The van der Waals surface area contributed by atoms with Gasteiger partial charge in [-0.3, -0.25) is 9.59 Å². The maximum absolute atomic E-state index is 13.8. The lowest BCUT2D eigenvalue weighted by atomic mass is 9.79. The largest absolute Gasteiger partial charge is 0.497 e. The van der Waals surface area contributed by atoms with E-state index in [0.717, 1.165) is 21.5 Å². The van der Waals surface area contributed by atoms with Gasteiger partial charge in [-0.1, -0.05) is 35.6 Å². The first-order valence-electron chi connectivity index (χ1n) is 11.0. The third-order valence-electron chi connectivity index (χ3n) is 6.43. The summed E-state index contributed by atoms with van der Waals surface area (Å²) in [7, 11) is 3.33. The number of hydrogen-bond acceptors (Lipinski definition) is 7. The molecule has 0 unspecified atom stereocenters. The van der Waals surface area contributed by atoms with E-state index in [-0.39, 0.29) is 18.6 Å². The van der Waals surface area contributed by atoms with Crippen LogP contribution in [0.3, 0.4) is 0 Å². The first-order valence-corrected chi connectivity index (χ1v) is 11.9. The molecule has 3 aromatic carbocycles. The van der Waals surface area contributed by atoms with E-state index in [9.17, 15) is 9.59 Å². The highest BCUT2D eigenvalue weighted by Gasteiger charge is 2.43. The Labute approximate surface area is 205 Å². The highest BCUT2D eigenvalue weighted by Crippen LogP contribution is 2.45. The number of anilines is 1. The number of fused-ring (bicyclic) bond motifs is 3. The third-order valence-corrected chi connectivity index (χ3v) is 7.36. The Bertz CT molecular complexity index is 1480. The Morgan fingerprint density at radius 1 is 1.11 bits per heavy atom. The number of benzene rings is 3. The van der Waals surface area contributed by atoms with Crippen LogP contribution in [-0.2, 0) is 4.79 Å². The number of carbonyl (C=O) groups is 2. The monoisotopic (exact) mass is 487 g/mol. The van der Waals surface area contributed by atoms with Crippen molar-refractivity contribution in [3.63, 3.8) is 0 Å². The number of carbonyl (C=O) groups excluding carboxylic acids is 2. The SMILES string of the molecule is COc1ccc2nc(NC(=O)[C@H]3c4ccccc4C(=O)N(C)[C@H]3c3ccc4c(c3)OCO4)sc2c1. The molecule has 4 aromatic rings.